The van der Waals surface area contributed by atoms with Crippen molar-refractivity contribution in [3.05, 3.63) is 72.4 Å². The predicted octanol–water partition coefficient (Wildman–Crippen LogP) is 4.16. The summed E-state index contributed by atoms with van der Waals surface area (Å²) in [5.41, 5.74) is 2.07. The average molecular weight is 320 g/mol. The Morgan fingerprint density at radius 2 is 1.52 bits per heavy atom. The van der Waals surface area contributed by atoms with Crippen LogP contribution in [-0.2, 0) is 9.05 Å². The van der Waals surface area contributed by atoms with Gasteiger partial charge in [0.15, 0.2) is 0 Å². The smallest absolute Gasteiger partial charge is 0.256 e. The van der Waals surface area contributed by atoms with E-state index in [9.17, 15) is 8.42 Å². The number of aryl methyl sites for hydroxylation is 1. The maximum atomic E-state index is 10.7. The molecule has 3 nitrogen and oxygen atoms in total. The Labute approximate surface area is 128 Å². The summed E-state index contributed by atoms with van der Waals surface area (Å²) >= 11 is 0. The number of halogens is 1. The highest BCUT2D eigenvalue weighted by molar-refractivity contribution is 8.13. The lowest BCUT2D eigenvalue weighted by molar-refractivity contribution is 0.609. The molecule has 21 heavy (non-hydrogen) atoms. The van der Waals surface area contributed by atoms with Gasteiger partial charge in [-0.15, -0.1) is 0 Å². The first-order chi connectivity index (χ1) is 9.97. The Morgan fingerprint density at radius 3 is 2.14 bits per heavy atom. The van der Waals surface area contributed by atoms with Crippen LogP contribution in [0.25, 0.3) is 10.9 Å². The second-order valence-electron chi connectivity index (χ2n) is 4.45. The summed E-state index contributed by atoms with van der Waals surface area (Å²) in [6.45, 7) is 1.88. The molecule has 0 fully saturated rings. The minimum atomic E-state index is -3.55. The molecular weight excluding hydrogens is 306 g/mol. The van der Waals surface area contributed by atoms with Gasteiger partial charge in [0.1, 0.15) is 0 Å². The van der Waals surface area contributed by atoms with Crippen LogP contribution in [0.5, 0.6) is 0 Å². The van der Waals surface area contributed by atoms with Gasteiger partial charge in [-0.2, -0.15) is 0 Å². The third-order valence-electron chi connectivity index (χ3n) is 2.81. The Bertz CT molecular complexity index is 765. The highest BCUT2D eigenvalue weighted by atomic mass is 35.7. The van der Waals surface area contributed by atoms with Gasteiger partial charge in [0.05, 0.1) is 10.4 Å². The highest BCUT2D eigenvalue weighted by Crippen LogP contribution is 2.14. The molecule has 0 saturated heterocycles. The van der Waals surface area contributed by atoms with E-state index in [1.807, 2.05) is 37.4 Å². The van der Waals surface area contributed by atoms with Crippen molar-refractivity contribution in [2.45, 2.75) is 11.8 Å². The molecule has 5 heteroatoms. The highest BCUT2D eigenvalue weighted by Gasteiger charge is 2.07. The van der Waals surface area contributed by atoms with E-state index in [1.165, 1.54) is 17.5 Å². The lowest BCUT2D eigenvalue weighted by Crippen LogP contribution is -1.89. The Balaban J connectivity index is 0.000000154. The lowest BCUT2D eigenvalue weighted by atomic mass is 10.2. The van der Waals surface area contributed by atoms with Gasteiger partial charge in [-0.25, -0.2) is 8.42 Å². The van der Waals surface area contributed by atoms with E-state index in [0.717, 1.165) is 11.1 Å². The van der Waals surface area contributed by atoms with Crippen molar-refractivity contribution in [2.75, 3.05) is 0 Å². The van der Waals surface area contributed by atoms with Crippen molar-refractivity contribution in [3.63, 3.8) is 0 Å². The molecule has 0 bridgehead atoms. The van der Waals surface area contributed by atoms with Crippen molar-refractivity contribution in [2.24, 2.45) is 0 Å². The topological polar surface area (TPSA) is 47.0 Å². The van der Waals surface area contributed by atoms with Crippen molar-refractivity contribution < 1.29 is 8.42 Å². The monoisotopic (exact) mass is 319 g/mol. The molecule has 0 amide bonds. The molecule has 0 radical (unpaired) electrons. The van der Waals surface area contributed by atoms with E-state index in [1.54, 1.807) is 12.1 Å². The van der Waals surface area contributed by atoms with Gasteiger partial charge in [-0.1, -0.05) is 42.0 Å². The predicted molar refractivity (Wildman–Crippen MR) is 86.0 cm³/mol. The van der Waals surface area contributed by atoms with Crippen LogP contribution in [0.15, 0.2) is 71.8 Å². The number of aromatic nitrogens is 1. The molecule has 1 heterocycles. The van der Waals surface area contributed by atoms with Crippen LogP contribution in [0.3, 0.4) is 0 Å². The molecule has 0 spiro atoms. The van der Waals surface area contributed by atoms with Crippen LogP contribution in [0.4, 0.5) is 0 Å². The van der Waals surface area contributed by atoms with Gasteiger partial charge in [0.25, 0.3) is 9.05 Å². The van der Waals surface area contributed by atoms with Crippen molar-refractivity contribution in [1.82, 2.24) is 4.98 Å². The number of hydrogen-bond donors (Lipinski definition) is 0. The number of benzene rings is 2. The summed E-state index contributed by atoms with van der Waals surface area (Å²) in [7, 11) is 1.54. The van der Waals surface area contributed by atoms with E-state index in [4.69, 9.17) is 10.7 Å². The molecule has 0 atom stereocenters. The standard InChI is InChI=1S/C9H7N.C7H7ClO2S/c1-2-6-9-8(4-1)5-3-7-10-9;1-6-2-4-7(5-3-6)11(8,9)10/h1-7H;2-5H,1H3. The minimum Gasteiger partial charge on any atom is -0.256 e. The summed E-state index contributed by atoms with van der Waals surface area (Å²) in [4.78, 5) is 4.32. The molecule has 108 valence electrons. The Morgan fingerprint density at radius 1 is 0.905 bits per heavy atom. The molecule has 1 aromatic heterocycles. The fraction of sp³-hybridized carbons (Fsp3) is 0.0625. The maximum Gasteiger partial charge on any atom is 0.261 e. The zero-order valence-corrected chi connectivity index (χ0v) is 13.0. The van der Waals surface area contributed by atoms with Crippen LogP contribution in [-0.4, -0.2) is 13.4 Å². The van der Waals surface area contributed by atoms with Gasteiger partial charge >= 0.3 is 0 Å². The van der Waals surface area contributed by atoms with E-state index < -0.39 is 9.05 Å². The zero-order chi connectivity index (χ0) is 15.3. The normalized spacial score (nSPS) is 10.8. The number of rotatable bonds is 1. The molecule has 0 saturated carbocycles. The minimum absolute atomic E-state index is 0.143. The molecule has 0 N–H and O–H groups in total. The second kappa shape index (κ2) is 6.70. The summed E-state index contributed by atoms with van der Waals surface area (Å²) in [6.07, 6.45) is 1.81. The van der Waals surface area contributed by atoms with E-state index in [-0.39, 0.29) is 4.90 Å². The number of para-hydroxylation sites is 1. The first-order valence-electron chi connectivity index (χ1n) is 6.28. The molecule has 0 aliphatic rings. The van der Waals surface area contributed by atoms with Crippen molar-refractivity contribution in [3.8, 4) is 0 Å². The number of fused-ring (bicyclic) bond motifs is 1. The average Bonchev–Trinajstić information content (AvgIpc) is 2.47. The SMILES string of the molecule is Cc1ccc(S(=O)(=O)Cl)cc1.c1ccc2ncccc2c1. The fourth-order valence-electron chi connectivity index (χ4n) is 1.72. The Hall–Kier alpha value is -1.91. The van der Waals surface area contributed by atoms with Crippen molar-refractivity contribution >= 4 is 30.6 Å². The van der Waals surface area contributed by atoms with Gasteiger partial charge in [-0.3, -0.25) is 4.98 Å². The third-order valence-corrected chi connectivity index (χ3v) is 4.18. The molecule has 0 aliphatic heterocycles. The van der Waals surface area contributed by atoms with Gasteiger partial charge in [-0.05, 0) is 31.2 Å². The van der Waals surface area contributed by atoms with Gasteiger partial charge in [0, 0.05) is 22.3 Å². The van der Waals surface area contributed by atoms with Gasteiger partial charge in [0.2, 0.25) is 0 Å². The molecule has 3 rings (SSSR count). The maximum absolute atomic E-state index is 10.7. The Kier molecular flexibility index (Phi) is 4.94. The van der Waals surface area contributed by atoms with E-state index >= 15 is 0 Å². The van der Waals surface area contributed by atoms with Crippen LogP contribution >= 0.6 is 10.7 Å². The quantitative estimate of drug-likeness (QED) is 0.633. The first kappa shape index (κ1) is 15.5. The van der Waals surface area contributed by atoms with Crippen LogP contribution in [0.2, 0.25) is 0 Å². The third kappa shape index (κ3) is 4.55. The molecule has 0 unspecified atom stereocenters. The number of nitrogens with zero attached hydrogens (tertiary/aromatic N) is 1. The fourth-order valence-corrected chi connectivity index (χ4v) is 2.49. The van der Waals surface area contributed by atoms with Crippen LogP contribution in [0.1, 0.15) is 5.56 Å². The first-order valence-corrected chi connectivity index (χ1v) is 8.59. The molecular formula is C16H14ClNO2S. The summed E-state index contributed by atoms with van der Waals surface area (Å²) in [5.74, 6) is 0. The van der Waals surface area contributed by atoms with E-state index in [0.29, 0.717) is 0 Å². The lowest BCUT2D eigenvalue weighted by Gasteiger charge is -1.94. The second-order valence-corrected chi connectivity index (χ2v) is 7.01. The molecule has 3 aromatic rings. The summed E-state index contributed by atoms with van der Waals surface area (Å²) in [5, 5.41) is 1.20. The van der Waals surface area contributed by atoms with Crippen LogP contribution < -0.4 is 0 Å². The van der Waals surface area contributed by atoms with Crippen molar-refractivity contribution in [1.29, 1.82) is 0 Å². The molecule has 2 aromatic carbocycles. The molecule has 0 aliphatic carbocycles. The number of hydrogen-bond acceptors (Lipinski definition) is 3. The van der Waals surface area contributed by atoms with E-state index in [2.05, 4.69) is 17.1 Å². The summed E-state index contributed by atoms with van der Waals surface area (Å²) in [6, 6.07) is 18.5. The largest absolute Gasteiger partial charge is 0.261 e. The zero-order valence-electron chi connectivity index (χ0n) is 11.4. The summed E-state index contributed by atoms with van der Waals surface area (Å²) < 4.78 is 21.4. The van der Waals surface area contributed by atoms with Crippen LogP contribution in [0, 0.1) is 6.92 Å². The van der Waals surface area contributed by atoms with Gasteiger partial charge < -0.3 is 0 Å². The number of pyridine rings is 1.